The van der Waals surface area contributed by atoms with Crippen molar-refractivity contribution in [3.05, 3.63) is 81.2 Å². The van der Waals surface area contributed by atoms with Crippen LogP contribution in [-0.2, 0) is 6.54 Å². The number of carbonyl (C=O) groups is 1. The van der Waals surface area contributed by atoms with Crippen molar-refractivity contribution in [1.29, 1.82) is 0 Å². The maximum absolute atomic E-state index is 12.5. The summed E-state index contributed by atoms with van der Waals surface area (Å²) in [6.45, 7) is 2.45. The van der Waals surface area contributed by atoms with Crippen LogP contribution in [0.2, 0.25) is 0 Å². The van der Waals surface area contributed by atoms with Crippen LogP contribution in [0.1, 0.15) is 17.3 Å². The summed E-state index contributed by atoms with van der Waals surface area (Å²) in [5.74, 6) is 0.302. The summed E-state index contributed by atoms with van der Waals surface area (Å²) in [5, 5.41) is 11.5. The molecule has 10 nitrogen and oxygen atoms in total. The zero-order valence-electron chi connectivity index (χ0n) is 16.6. The van der Waals surface area contributed by atoms with Crippen molar-refractivity contribution in [1.82, 2.24) is 24.9 Å². The number of nitrogens with zero attached hydrogens (tertiary/aromatic N) is 4. The predicted molar refractivity (Wildman–Crippen MR) is 112 cm³/mol. The van der Waals surface area contributed by atoms with Gasteiger partial charge in [0.05, 0.1) is 13.2 Å². The first-order valence-corrected chi connectivity index (χ1v) is 9.63. The molecule has 1 amide bonds. The quantitative estimate of drug-likeness (QED) is 0.447. The molecule has 0 saturated heterocycles. The van der Waals surface area contributed by atoms with Gasteiger partial charge in [0.15, 0.2) is 17.2 Å². The van der Waals surface area contributed by atoms with Gasteiger partial charge in [0.25, 0.3) is 11.5 Å². The molecule has 0 aliphatic carbocycles. The number of carbonyl (C=O) groups excluding carboxylic acids is 1. The van der Waals surface area contributed by atoms with Crippen molar-refractivity contribution in [2.24, 2.45) is 0 Å². The van der Waals surface area contributed by atoms with Gasteiger partial charge in [-0.25, -0.2) is 14.2 Å². The van der Waals surface area contributed by atoms with Crippen molar-refractivity contribution in [2.45, 2.75) is 13.5 Å². The lowest BCUT2D eigenvalue weighted by Gasteiger charge is -2.09. The molecule has 31 heavy (non-hydrogen) atoms. The van der Waals surface area contributed by atoms with Crippen LogP contribution in [0.25, 0.3) is 16.8 Å². The molecule has 10 heteroatoms. The van der Waals surface area contributed by atoms with Crippen LogP contribution in [0.4, 0.5) is 0 Å². The minimum Gasteiger partial charge on any atom is -0.490 e. The maximum Gasteiger partial charge on any atom is 0.349 e. The molecule has 3 aromatic heterocycles. The van der Waals surface area contributed by atoms with E-state index in [1.807, 2.05) is 6.92 Å². The minimum atomic E-state index is -0.770. The second kappa shape index (κ2) is 8.66. The highest BCUT2D eigenvalue weighted by molar-refractivity contribution is 5.97. The molecule has 0 bridgehead atoms. The molecule has 0 spiro atoms. The first-order chi connectivity index (χ1) is 15.1. The molecule has 1 aromatic carbocycles. The fourth-order valence-corrected chi connectivity index (χ4v) is 3.04. The van der Waals surface area contributed by atoms with Crippen LogP contribution in [0, 0.1) is 0 Å². The molecule has 158 valence electrons. The van der Waals surface area contributed by atoms with Crippen molar-refractivity contribution in [2.75, 3.05) is 13.2 Å². The third kappa shape index (κ3) is 4.22. The van der Waals surface area contributed by atoms with E-state index in [2.05, 4.69) is 15.5 Å². The molecule has 0 aliphatic heterocycles. The van der Waals surface area contributed by atoms with Crippen molar-refractivity contribution in [3.8, 4) is 11.6 Å². The van der Waals surface area contributed by atoms with Crippen molar-refractivity contribution < 1.29 is 13.9 Å². The normalized spacial score (nSPS) is 10.9. The molecule has 0 saturated carbocycles. The molecule has 3 heterocycles. The number of hydrogen-bond donors (Lipinski definition) is 1. The summed E-state index contributed by atoms with van der Waals surface area (Å²) in [5.41, 5.74) is -0.934. The molecular formula is C21H19N5O5. The first-order valence-electron chi connectivity index (χ1n) is 9.63. The van der Waals surface area contributed by atoms with E-state index < -0.39 is 11.5 Å². The highest BCUT2D eigenvalue weighted by Crippen LogP contribution is 2.24. The van der Waals surface area contributed by atoms with E-state index in [9.17, 15) is 14.4 Å². The number of rotatable bonds is 7. The van der Waals surface area contributed by atoms with E-state index in [1.165, 1.54) is 21.5 Å². The van der Waals surface area contributed by atoms with E-state index in [-0.39, 0.29) is 29.8 Å². The second-order valence-corrected chi connectivity index (χ2v) is 6.51. The number of para-hydroxylation sites is 1. The van der Waals surface area contributed by atoms with Crippen LogP contribution in [0.15, 0.2) is 68.9 Å². The molecule has 4 aromatic rings. The average molecular weight is 421 g/mol. The van der Waals surface area contributed by atoms with E-state index in [0.717, 1.165) is 0 Å². The predicted octanol–water partition coefficient (Wildman–Crippen LogP) is 1.36. The Morgan fingerprint density at radius 2 is 2.06 bits per heavy atom. The fraction of sp³-hybridized carbons (Fsp3) is 0.190. The lowest BCUT2D eigenvalue weighted by Crippen LogP contribution is -2.34. The molecular weight excluding hydrogens is 402 g/mol. The number of aromatic nitrogens is 4. The lowest BCUT2D eigenvalue weighted by molar-refractivity contribution is 0.0948. The number of nitrogens with one attached hydrogen (secondary N) is 1. The molecule has 0 unspecified atom stereocenters. The Labute approximate surface area is 175 Å². The highest BCUT2D eigenvalue weighted by Gasteiger charge is 2.15. The van der Waals surface area contributed by atoms with Gasteiger partial charge in [-0.2, -0.15) is 5.10 Å². The molecule has 4 rings (SSSR count). The van der Waals surface area contributed by atoms with Gasteiger partial charge in [-0.15, -0.1) is 5.10 Å². The van der Waals surface area contributed by atoms with E-state index >= 15 is 0 Å². The standard InChI is InChI=1S/C21H19N5O5/c1-2-30-16-6-3-5-14-13-15(21(29)31-19(14)16)20(28)22-10-12-26-18(27)8-7-17(24-26)25-11-4-9-23-25/h3-9,11,13H,2,10,12H2,1H3,(H,22,28). The van der Waals surface area contributed by atoms with E-state index in [1.54, 1.807) is 42.7 Å². The third-order valence-electron chi connectivity index (χ3n) is 4.47. The summed E-state index contributed by atoms with van der Waals surface area (Å²) in [4.78, 5) is 36.9. The van der Waals surface area contributed by atoms with Crippen LogP contribution in [-0.4, -0.2) is 38.6 Å². The van der Waals surface area contributed by atoms with Gasteiger partial charge in [-0.05, 0) is 31.2 Å². The number of ether oxygens (including phenoxy) is 1. The molecule has 0 fully saturated rings. The largest absolute Gasteiger partial charge is 0.490 e. The van der Waals surface area contributed by atoms with Gasteiger partial charge in [-0.3, -0.25) is 9.59 Å². The molecule has 1 N–H and O–H groups in total. The molecule has 0 aliphatic rings. The molecule has 0 radical (unpaired) electrons. The minimum absolute atomic E-state index is 0.0881. The molecule has 0 atom stereocenters. The highest BCUT2D eigenvalue weighted by atomic mass is 16.5. The Kier molecular flexibility index (Phi) is 5.61. The van der Waals surface area contributed by atoms with Crippen LogP contribution >= 0.6 is 0 Å². The van der Waals surface area contributed by atoms with Crippen molar-refractivity contribution in [3.63, 3.8) is 0 Å². The lowest BCUT2D eigenvalue weighted by atomic mass is 10.1. The summed E-state index contributed by atoms with van der Waals surface area (Å²) in [6.07, 6.45) is 3.30. The fourth-order valence-electron chi connectivity index (χ4n) is 3.04. The third-order valence-corrected chi connectivity index (χ3v) is 4.47. The Morgan fingerprint density at radius 3 is 2.84 bits per heavy atom. The Balaban J connectivity index is 1.49. The van der Waals surface area contributed by atoms with E-state index in [0.29, 0.717) is 23.6 Å². The number of benzene rings is 1. The van der Waals surface area contributed by atoms with Gasteiger partial charge < -0.3 is 14.5 Å². The number of fused-ring (bicyclic) bond motifs is 1. The van der Waals surface area contributed by atoms with Crippen LogP contribution in [0.5, 0.6) is 5.75 Å². The first kappa shape index (κ1) is 20.1. The van der Waals surface area contributed by atoms with Gasteiger partial charge >= 0.3 is 5.63 Å². The smallest absolute Gasteiger partial charge is 0.349 e. The Hall–Kier alpha value is -4.21. The Bertz CT molecular complexity index is 1340. The average Bonchev–Trinajstić information content (AvgIpc) is 3.30. The SMILES string of the molecule is CCOc1cccc2cc(C(=O)NCCn3nc(-n4cccn4)ccc3=O)c(=O)oc12. The summed E-state index contributed by atoms with van der Waals surface area (Å²) < 4.78 is 13.5. The van der Waals surface area contributed by atoms with Gasteiger partial charge in [0.1, 0.15) is 5.56 Å². The summed E-state index contributed by atoms with van der Waals surface area (Å²) in [7, 11) is 0. The Morgan fingerprint density at radius 1 is 1.19 bits per heavy atom. The number of hydrogen-bond acceptors (Lipinski definition) is 7. The zero-order chi connectivity index (χ0) is 21.8. The number of amides is 1. The van der Waals surface area contributed by atoms with Gasteiger partial charge in [0, 0.05) is 30.4 Å². The van der Waals surface area contributed by atoms with E-state index in [4.69, 9.17) is 9.15 Å². The van der Waals surface area contributed by atoms with Crippen LogP contribution < -0.4 is 21.2 Å². The summed E-state index contributed by atoms with van der Waals surface area (Å²) in [6, 6.07) is 11.3. The maximum atomic E-state index is 12.5. The summed E-state index contributed by atoms with van der Waals surface area (Å²) >= 11 is 0. The van der Waals surface area contributed by atoms with Crippen molar-refractivity contribution >= 4 is 16.9 Å². The topological polar surface area (TPSA) is 121 Å². The zero-order valence-corrected chi connectivity index (χ0v) is 16.6. The van der Waals surface area contributed by atoms with Gasteiger partial charge in [-0.1, -0.05) is 12.1 Å². The van der Waals surface area contributed by atoms with Crippen LogP contribution in [0.3, 0.4) is 0 Å². The van der Waals surface area contributed by atoms with Gasteiger partial charge in [0.2, 0.25) is 0 Å². The second-order valence-electron chi connectivity index (χ2n) is 6.51. The monoisotopic (exact) mass is 421 g/mol.